The minimum absolute atomic E-state index is 0.0193. The van der Waals surface area contributed by atoms with Crippen LogP contribution >= 0.6 is 0 Å². The van der Waals surface area contributed by atoms with E-state index >= 15 is 0 Å². The summed E-state index contributed by atoms with van der Waals surface area (Å²) in [5.74, 6) is 1.71. The van der Waals surface area contributed by atoms with Crippen LogP contribution in [0.3, 0.4) is 0 Å². The molecule has 3 nitrogen and oxygen atoms in total. The van der Waals surface area contributed by atoms with E-state index < -0.39 is 0 Å². The van der Waals surface area contributed by atoms with Crippen molar-refractivity contribution in [2.24, 2.45) is 17.8 Å². The highest BCUT2D eigenvalue weighted by Crippen LogP contribution is 2.44. The number of fused-ring (bicyclic) bond motifs is 2. The predicted octanol–water partition coefficient (Wildman–Crippen LogP) is 1.57. The summed E-state index contributed by atoms with van der Waals surface area (Å²) in [6.07, 6.45) is 5.53. The molecule has 0 saturated heterocycles. The summed E-state index contributed by atoms with van der Waals surface area (Å²) < 4.78 is 4.71. The van der Waals surface area contributed by atoms with Crippen LogP contribution in [0.15, 0.2) is 0 Å². The topological polar surface area (TPSA) is 38.3 Å². The molecule has 1 N–H and O–H groups in total. The summed E-state index contributed by atoms with van der Waals surface area (Å²) in [4.78, 5) is 11.2. The standard InChI is InChI=1S/C12H21NO2/c1-8(12(14)15-2)7-13-11-6-9-3-4-10(11)5-9/h8-11,13H,3-7H2,1-2H3. The first-order valence-electron chi connectivity index (χ1n) is 6.02. The lowest BCUT2D eigenvalue weighted by atomic mass is 9.95. The van der Waals surface area contributed by atoms with Crippen LogP contribution < -0.4 is 5.32 Å². The Kier molecular flexibility index (Phi) is 3.29. The zero-order valence-corrected chi connectivity index (χ0v) is 9.66. The molecule has 2 aliphatic carbocycles. The van der Waals surface area contributed by atoms with Crippen LogP contribution in [0.5, 0.6) is 0 Å². The van der Waals surface area contributed by atoms with Crippen molar-refractivity contribution < 1.29 is 9.53 Å². The number of carbonyl (C=O) groups is 1. The van der Waals surface area contributed by atoms with Crippen LogP contribution in [0.4, 0.5) is 0 Å². The van der Waals surface area contributed by atoms with E-state index in [4.69, 9.17) is 4.74 Å². The smallest absolute Gasteiger partial charge is 0.309 e. The zero-order chi connectivity index (χ0) is 10.8. The molecule has 0 amide bonds. The third kappa shape index (κ3) is 2.33. The molecule has 0 aromatic rings. The number of methoxy groups -OCH3 is 1. The van der Waals surface area contributed by atoms with Gasteiger partial charge in [0.25, 0.3) is 0 Å². The minimum Gasteiger partial charge on any atom is -0.469 e. The first-order chi connectivity index (χ1) is 7.20. The zero-order valence-electron chi connectivity index (χ0n) is 9.66. The Labute approximate surface area is 91.6 Å². The molecule has 4 unspecified atom stereocenters. The van der Waals surface area contributed by atoms with Crippen LogP contribution in [0, 0.1) is 17.8 Å². The molecule has 0 heterocycles. The number of esters is 1. The van der Waals surface area contributed by atoms with Crippen LogP contribution in [-0.2, 0) is 9.53 Å². The minimum atomic E-state index is -0.106. The summed E-state index contributed by atoms with van der Waals surface area (Å²) in [5, 5.41) is 3.53. The van der Waals surface area contributed by atoms with Crippen molar-refractivity contribution in [2.75, 3.05) is 13.7 Å². The number of rotatable bonds is 4. The van der Waals surface area contributed by atoms with Gasteiger partial charge in [-0.2, -0.15) is 0 Å². The van der Waals surface area contributed by atoms with Gasteiger partial charge in [-0.05, 0) is 31.1 Å². The van der Waals surface area contributed by atoms with Gasteiger partial charge in [0.15, 0.2) is 0 Å². The number of nitrogens with one attached hydrogen (secondary N) is 1. The summed E-state index contributed by atoms with van der Waals surface area (Å²) >= 11 is 0. The number of ether oxygens (including phenoxy) is 1. The van der Waals surface area contributed by atoms with E-state index in [0.29, 0.717) is 6.04 Å². The van der Waals surface area contributed by atoms with Crippen LogP contribution in [-0.4, -0.2) is 25.7 Å². The third-order valence-electron chi connectivity index (χ3n) is 4.03. The molecule has 86 valence electrons. The quantitative estimate of drug-likeness (QED) is 0.717. The molecule has 2 bridgehead atoms. The Balaban J connectivity index is 1.72. The molecule has 0 aliphatic heterocycles. The number of carbonyl (C=O) groups excluding carboxylic acids is 1. The third-order valence-corrected chi connectivity index (χ3v) is 4.03. The van der Waals surface area contributed by atoms with E-state index in [1.54, 1.807) is 0 Å². The molecule has 2 saturated carbocycles. The van der Waals surface area contributed by atoms with Gasteiger partial charge in [-0.15, -0.1) is 0 Å². The van der Waals surface area contributed by atoms with Crippen LogP contribution in [0.2, 0.25) is 0 Å². The molecule has 4 atom stereocenters. The maximum Gasteiger partial charge on any atom is 0.309 e. The molecule has 15 heavy (non-hydrogen) atoms. The lowest BCUT2D eigenvalue weighted by molar-refractivity contribution is -0.144. The Morgan fingerprint density at radius 1 is 1.47 bits per heavy atom. The fraction of sp³-hybridized carbons (Fsp3) is 0.917. The maximum atomic E-state index is 11.2. The molecule has 2 rings (SSSR count). The van der Waals surface area contributed by atoms with Gasteiger partial charge in [-0.3, -0.25) is 4.79 Å². The van der Waals surface area contributed by atoms with Gasteiger partial charge >= 0.3 is 5.97 Å². The van der Waals surface area contributed by atoms with Crippen molar-refractivity contribution in [3.05, 3.63) is 0 Å². The first kappa shape index (κ1) is 10.9. The second kappa shape index (κ2) is 4.52. The highest BCUT2D eigenvalue weighted by atomic mass is 16.5. The second-order valence-electron chi connectivity index (χ2n) is 5.11. The van der Waals surface area contributed by atoms with Gasteiger partial charge in [-0.1, -0.05) is 13.3 Å². The van der Waals surface area contributed by atoms with Crippen molar-refractivity contribution in [1.82, 2.24) is 5.32 Å². The largest absolute Gasteiger partial charge is 0.469 e. The average molecular weight is 211 g/mol. The van der Waals surface area contributed by atoms with Gasteiger partial charge in [0, 0.05) is 12.6 Å². The summed E-state index contributed by atoms with van der Waals surface area (Å²) in [6.45, 7) is 2.69. The summed E-state index contributed by atoms with van der Waals surface area (Å²) in [7, 11) is 1.45. The monoisotopic (exact) mass is 211 g/mol. The summed E-state index contributed by atoms with van der Waals surface area (Å²) in [6, 6.07) is 0.663. The van der Waals surface area contributed by atoms with Gasteiger partial charge in [0.1, 0.15) is 0 Å². The van der Waals surface area contributed by atoms with Crippen molar-refractivity contribution in [3.63, 3.8) is 0 Å². The lowest BCUT2D eigenvalue weighted by Gasteiger charge is -2.24. The van der Waals surface area contributed by atoms with Crippen molar-refractivity contribution in [1.29, 1.82) is 0 Å². The SMILES string of the molecule is COC(=O)C(C)CNC1CC2CCC1C2. The Hall–Kier alpha value is -0.570. The number of hydrogen-bond acceptors (Lipinski definition) is 3. The first-order valence-corrected chi connectivity index (χ1v) is 6.02. The van der Waals surface area contributed by atoms with Gasteiger partial charge < -0.3 is 10.1 Å². The van der Waals surface area contributed by atoms with E-state index in [1.165, 1.54) is 32.8 Å². The molecular weight excluding hydrogens is 190 g/mol. The van der Waals surface area contributed by atoms with Gasteiger partial charge in [-0.25, -0.2) is 0 Å². The van der Waals surface area contributed by atoms with E-state index in [0.717, 1.165) is 18.4 Å². The van der Waals surface area contributed by atoms with E-state index in [1.807, 2.05) is 6.92 Å². The molecule has 3 heteroatoms. The fourth-order valence-electron chi connectivity index (χ4n) is 3.11. The highest BCUT2D eigenvalue weighted by Gasteiger charge is 2.39. The molecule has 0 spiro atoms. The highest BCUT2D eigenvalue weighted by molar-refractivity contribution is 5.72. The molecule has 0 aromatic heterocycles. The van der Waals surface area contributed by atoms with E-state index in [-0.39, 0.29) is 11.9 Å². The van der Waals surface area contributed by atoms with Crippen molar-refractivity contribution in [2.45, 2.75) is 38.6 Å². The van der Waals surface area contributed by atoms with Crippen LogP contribution in [0.25, 0.3) is 0 Å². The van der Waals surface area contributed by atoms with E-state index in [9.17, 15) is 4.79 Å². The van der Waals surface area contributed by atoms with Crippen molar-refractivity contribution in [3.8, 4) is 0 Å². The van der Waals surface area contributed by atoms with Crippen molar-refractivity contribution >= 4 is 5.97 Å². The Morgan fingerprint density at radius 3 is 2.80 bits per heavy atom. The Morgan fingerprint density at radius 2 is 2.27 bits per heavy atom. The van der Waals surface area contributed by atoms with E-state index in [2.05, 4.69) is 5.32 Å². The Bertz CT molecular complexity index is 242. The predicted molar refractivity (Wildman–Crippen MR) is 58.4 cm³/mol. The van der Waals surface area contributed by atoms with Gasteiger partial charge in [0.05, 0.1) is 13.0 Å². The lowest BCUT2D eigenvalue weighted by Crippen LogP contribution is -2.38. The van der Waals surface area contributed by atoms with Crippen LogP contribution in [0.1, 0.15) is 32.6 Å². The molecule has 2 fully saturated rings. The number of hydrogen-bond donors (Lipinski definition) is 1. The molecular formula is C12H21NO2. The maximum absolute atomic E-state index is 11.2. The molecule has 0 aromatic carbocycles. The second-order valence-corrected chi connectivity index (χ2v) is 5.11. The fourth-order valence-corrected chi connectivity index (χ4v) is 3.11. The van der Waals surface area contributed by atoms with Gasteiger partial charge in [0.2, 0.25) is 0 Å². The summed E-state index contributed by atoms with van der Waals surface area (Å²) in [5.41, 5.74) is 0. The normalized spacial score (nSPS) is 35.5. The molecule has 0 radical (unpaired) electrons. The average Bonchev–Trinajstić information content (AvgIpc) is 2.86. The molecule has 2 aliphatic rings.